The first kappa shape index (κ1) is 14.2. The van der Waals surface area contributed by atoms with Gasteiger partial charge in [-0.3, -0.25) is 0 Å². The van der Waals surface area contributed by atoms with Crippen molar-refractivity contribution >= 4 is 23.3 Å². The summed E-state index contributed by atoms with van der Waals surface area (Å²) in [6.45, 7) is 5.01. The minimum absolute atomic E-state index is 0.0354. The van der Waals surface area contributed by atoms with E-state index >= 15 is 0 Å². The summed E-state index contributed by atoms with van der Waals surface area (Å²) in [5.41, 5.74) is 3.18. The maximum Gasteiger partial charge on any atom is 0.321 e. The summed E-state index contributed by atoms with van der Waals surface area (Å²) in [6, 6.07) is 6.05. The Bertz CT molecular complexity index is 475. The van der Waals surface area contributed by atoms with Crippen LogP contribution in [-0.2, 0) is 6.54 Å². The Morgan fingerprint density at radius 3 is 2.89 bits per heavy atom. The third kappa shape index (κ3) is 3.03. The van der Waals surface area contributed by atoms with Crippen LogP contribution in [0.5, 0.6) is 0 Å². The van der Waals surface area contributed by atoms with E-state index in [1.54, 1.807) is 11.9 Å². The van der Waals surface area contributed by atoms with Gasteiger partial charge in [-0.2, -0.15) is 0 Å². The van der Waals surface area contributed by atoms with Crippen LogP contribution in [0.25, 0.3) is 0 Å². The molecule has 0 aliphatic carbocycles. The molecule has 1 heterocycles. The quantitative estimate of drug-likeness (QED) is 0.816. The summed E-state index contributed by atoms with van der Waals surface area (Å²) in [4.78, 5) is 13.2. The lowest BCUT2D eigenvalue weighted by molar-refractivity contribution is 0.218. The van der Waals surface area contributed by atoms with Gasteiger partial charge in [-0.1, -0.05) is 32.4 Å². The molecule has 4 heteroatoms. The van der Waals surface area contributed by atoms with Crippen molar-refractivity contribution in [3.05, 3.63) is 29.3 Å². The molecule has 2 unspecified atom stereocenters. The minimum Gasteiger partial charge on any atom is -0.323 e. The fraction of sp³-hybridized carbons (Fsp3) is 0.533. The van der Waals surface area contributed by atoms with Gasteiger partial charge in [-0.15, -0.1) is 11.6 Å². The second-order valence-electron chi connectivity index (χ2n) is 5.37. The number of amides is 2. The second kappa shape index (κ2) is 5.83. The number of fused-ring (bicyclic) bond motifs is 1. The number of nitrogens with one attached hydrogen (secondary N) is 1. The third-order valence-corrected chi connectivity index (χ3v) is 4.37. The number of hydrogen-bond donors (Lipinski definition) is 1. The lowest BCUT2D eigenvalue weighted by Gasteiger charge is -2.27. The zero-order valence-corrected chi connectivity index (χ0v) is 12.5. The molecule has 0 saturated carbocycles. The molecule has 3 nitrogen and oxygen atoms in total. The highest BCUT2D eigenvalue weighted by atomic mass is 35.5. The second-order valence-corrected chi connectivity index (χ2v) is 5.84. The molecule has 2 rings (SSSR count). The van der Waals surface area contributed by atoms with Crippen LogP contribution < -0.4 is 5.32 Å². The number of alkyl halides is 1. The average molecular weight is 281 g/mol. The van der Waals surface area contributed by atoms with Crippen molar-refractivity contribution in [3.8, 4) is 0 Å². The summed E-state index contributed by atoms with van der Waals surface area (Å²) in [5.74, 6) is 0.459. The number of carbonyl (C=O) groups excluding carboxylic acids is 1. The molecule has 0 fully saturated rings. The van der Waals surface area contributed by atoms with Gasteiger partial charge < -0.3 is 10.2 Å². The number of hydrogen-bond acceptors (Lipinski definition) is 1. The maximum atomic E-state index is 11.6. The number of halogens is 1. The molecular weight excluding hydrogens is 260 g/mol. The van der Waals surface area contributed by atoms with Crippen LogP contribution in [0.1, 0.15) is 43.2 Å². The largest absolute Gasteiger partial charge is 0.323 e. The Morgan fingerprint density at radius 1 is 1.47 bits per heavy atom. The molecule has 0 bridgehead atoms. The van der Waals surface area contributed by atoms with Gasteiger partial charge in [-0.25, -0.2) is 4.79 Å². The summed E-state index contributed by atoms with van der Waals surface area (Å²) < 4.78 is 0. The van der Waals surface area contributed by atoms with Crippen LogP contribution in [-0.4, -0.2) is 18.0 Å². The fourth-order valence-corrected chi connectivity index (χ4v) is 2.77. The molecule has 0 saturated heterocycles. The smallest absolute Gasteiger partial charge is 0.321 e. The summed E-state index contributed by atoms with van der Waals surface area (Å²) in [5, 5.41) is 2.91. The Balaban J connectivity index is 2.21. The molecular formula is C15H21ClN2O. The predicted molar refractivity (Wildman–Crippen MR) is 79.6 cm³/mol. The van der Waals surface area contributed by atoms with Gasteiger partial charge in [0.1, 0.15) is 0 Å². The Morgan fingerprint density at radius 2 is 2.21 bits per heavy atom. The first-order valence-corrected chi connectivity index (χ1v) is 7.25. The van der Waals surface area contributed by atoms with E-state index in [1.807, 2.05) is 12.1 Å². The van der Waals surface area contributed by atoms with E-state index in [1.165, 1.54) is 0 Å². The minimum atomic E-state index is -0.0537. The van der Waals surface area contributed by atoms with Crippen LogP contribution in [0, 0.1) is 5.92 Å². The lowest BCUT2D eigenvalue weighted by Crippen LogP contribution is -2.35. The van der Waals surface area contributed by atoms with Gasteiger partial charge in [0.2, 0.25) is 0 Å². The third-order valence-electron chi connectivity index (χ3n) is 3.69. The Labute approximate surface area is 119 Å². The van der Waals surface area contributed by atoms with E-state index in [2.05, 4.69) is 25.2 Å². The molecule has 1 aromatic carbocycles. The van der Waals surface area contributed by atoms with Crippen molar-refractivity contribution in [2.45, 2.75) is 38.6 Å². The van der Waals surface area contributed by atoms with E-state index < -0.39 is 0 Å². The number of carbonyl (C=O) groups is 1. The normalized spacial score (nSPS) is 17.7. The van der Waals surface area contributed by atoms with E-state index in [9.17, 15) is 4.79 Å². The van der Waals surface area contributed by atoms with Gasteiger partial charge in [0, 0.05) is 19.3 Å². The van der Waals surface area contributed by atoms with Gasteiger partial charge in [0.15, 0.2) is 0 Å². The van der Waals surface area contributed by atoms with Crippen molar-refractivity contribution in [1.82, 2.24) is 4.90 Å². The van der Waals surface area contributed by atoms with E-state index in [0.717, 1.165) is 29.7 Å². The highest BCUT2D eigenvalue weighted by Gasteiger charge is 2.22. The summed E-state index contributed by atoms with van der Waals surface area (Å²) >= 11 is 6.54. The Kier molecular flexibility index (Phi) is 4.35. The first-order valence-electron chi connectivity index (χ1n) is 6.82. The van der Waals surface area contributed by atoms with Crippen LogP contribution >= 0.6 is 11.6 Å². The monoisotopic (exact) mass is 280 g/mol. The number of rotatable bonds is 4. The fourth-order valence-electron chi connectivity index (χ4n) is 2.51. The van der Waals surface area contributed by atoms with Crippen molar-refractivity contribution in [3.63, 3.8) is 0 Å². The molecule has 2 atom stereocenters. The molecule has 0 aromatic heterocycles. The van der Waals surface area contributed by atoms with Gasteiger partial charge in [0.05, 0.1) is 5.38 Å². The van der Waals surface area contributed by atoms with E-state index in [4.69, 9.17) is 11.6 Å². The van der Waals surface area contributed by atoms with Crippen LogP contribution in [0.15, 0.2) is 18.2 Å². The van der Waals surface area contributed by atoms with Crippen molar-refractivity contribution < 1.29 is 4.79 Å². The van der Waals surface area contributed by atoms with E-state index in [0.29, 0.717) is 12.5 Å². The van der Waals surface area contributed by atoms with Crippen LogP contribution in [0.3, 0.4) is 0 Å². The van der Waals surface area contributed by atoms with Gasteiger partial charge >= 0.3 is 6.03 Å². The average Bonchev–Trinajstić information content (AvgIpc) is 2.39. The number of nitrogens with zero attached hydrogens (tertiary/aromatic N) is 1. The molecule has 2 amide bonds. The molecule has 1 aromatic rings. The van der Waals surface area contributed by atoms with Crippen LogP contribution in [0.2, 0.25) is 0 Å². The highest BCUT2D eigenvalue weighted by molar-refractivity contribution is 6.21. The van der Waals surface area contributed by atoms with Crippen molar-refractivity contribution in [2.24, 2.45) is 5.92 Å². The molecule has 1 aliphatic rings. The predicted octanol–water partition coefficient (Wildman–Crippen LogP) is 4.38. The van der Waals surface area contributed by atoms with E-state index in [-0.39, 0.29) is 11.4 Å². The first-order chi connectivity index (χ1) is 9.02. The maximum absolute atomic E-state index is 11.6. The molecule has 19 heavy (non-hydrogen) atoms. The van der Waals surface area contributed by atoms with Gasteiger partial charge in [-0.05, 0) is 29.5 Å². The Hall–Kier alpha value is -1.22. The molecule has 0 radical (unpaired) electrons. The number of urea groups is 1. The van der Waals surface area contributed by atoms with Crippen molar-refractivity contribution in [2.75, 3.05) is 12.4 Å². The summed E-state index contributed by atoms with van der Waals surface area (Å²) in [6.07, 6.45) is 2.27. The van der Waals surface area contributed by atoms with Gasteiger partial charge in [0.25, 0.3) is 0 Å². The number of benzene rings is 1. The molecule has 104 valence electrons. The lowest BCUT2D eigenvalue weighted by atomic mass is 9.94. The molecule has 1 aliphatic heterocycles. The molecule has 1 N–H and O–H groups in total. The van der Waals surface area contributed by atoms with Crippen molar-refractivity contribution in [1.29, 1.82) is 0 Å². The topological polar surface area (TPSA) is 32.3 Å². The highest BCUT2D eigenvalue weighted by Crippen LogP contribution is 2.34. The zero-order valence-electron chi connectivity index (χ0n) is 11.7. The summed E-state index contributed by atoms with van der Waals surface area (Å²) in [7, 11) is 1.79. The zero-order chi connectivity index (χ0) is 14.0. The van der Waals surface area contributed by atoms with Crippen LogP contribution in [0.4, 0.5) is 10.5 Å². The standard InChI is InChI=1S/C15H21ClN2O/c1-4-5-10(2)14(16)11-6-7-13-12(8-11)9-18(3)15(19)17-13/h6-8,10,14H,4-5,9H2,1-3H3,(H,17,19). The molecule has 0 spiro atoms. The SMILES string of the molecule is CCCC(C)C(Cl)c1ccc2c(c1)CN(C)C(=O)N2. The number of anilines is 1.